The number of rotatable bonds is 5. The van der Waals surface area contributed by atoms with Gasteiger partial charge in [0.25, 0.3) is 10.0 Å². The van der Waals surface area contributed by atoms with E-state index in [1.54, 1.807) is 6.07 Å². The van der Waals surface area contributed by atoms with E-state index in [-0.39, 0.29) is 10.6 Å². The highest BCUT2D eigenvalue weighted by molar-refractivity contribution is 7.93. The van der Waals surface area contributed by atoms with Crippen molar-refractivity contribution in [3.8, 4) is 11.1 Å². The van der Waals surface area contributed by atoms with Gasteiger partial charge in [-0.1, -0.05) is 36.4 Å². The average molecular weight is 456 g/mol. The summed E-state index contributed by atoms with van der Waals surface area (Å²) in [4.78, 5) is -0.600. The zero-order valence-electron chi connectivity index (χ0n) is 15.1. The van der Waals surface area contributed by atoms with Crippen molar-refractivity contribution >= 4 is 25.7 Å². The van der Waals surface area contributed by atoms with Crippen LogP contribution in [-0.4, -0.2) is 16.8 Å². The zero-order valence-corrected chi connectivity index (χ0v) is 16.7. The molecule has 30 heavy (non-hydrogen) atoms. The molecular formula is C19H15F3N2O4S2. The van der Waals surface area contributed by atoms with Crippen molar-refractivity contribution < 1.29 is 30.0 Å². The number of para-hydroxylation sites is 1. The standard InChI is InChI=1S/C19H15F3N2O4S2/c20-19(21,22)15-10-8-13(9-11-15)14-4-3-5-16(12-14)30(27,28)24-17-6-1-2-7-18(17)29(23,25)26/h1-12,24H,(H2,23,25,26). The molecule has 6 nitrogen and oxygen atoms in total. The largest absolute Gasteiger partial charge is 0.416 e. The van der Waals surface area contributed by atoms with E-state index in [0.717, 1.165) is 18.2 Å². The van der Waals surface area contributed by atoms with Crippen molar-refractivity contribution in [1.82, 2.24) is 0 Å². The molecule has 0 saturated heterocycles. The molecule has 3 aromatic rings. The SMILES string of the molecule is NS(=O)(=O)c1ccccc1NS(=O)(=O)c1cccc(-c2ccc(C(F)(F)F)cc2)c1. The van der Waals surface area contributed by atoms with Crippen molar-refractivity contribution in [2.45, 2.75) is 16.0 Å². The van der Waals surface area contributed by atoms with Gasteiger partial charge in [0.1, 0.15) is 4.90 Å². The highest BCUT2D eigenvalue weighted by atomic mass is 32.2. The van der Waals surface area contributed by atoms with E-state index in [4.69, 9.17) is 5.14 Å². The molecule has 0 amide bonds. The maximum Gasteiger partial charge on any atom is 0.416 e. The van der Waals surface area contributed by atoms with E-state index in [1.807, 2.05) is 0 Å². The monoisotopic (exact) mass is 456 g/mol. The third-order valence-electron chi connectivity index (χ3n) is 4.13. The predicted octanol–water partition coefficient (Wildman–Crippen LogP) is 3.82. The molecule has 0 spiro atoms. The van der Waals surface area contributed by atoms with E-state index in [1.165, 1.54) is 48.5 Å². The number of nitrogens with one attached hydrogen (secondary N) is 1. The highest BCUT2D eigenvalue weighted by Gasteiger charge is 2.30. The first-order valence-corrected chi connectivity index (χ1v) is 11.3. The summed E-state index contributed by atoms with van der Waals surface area (Å²) in [6.45, 7) is 0. The first kappa shape index (κ1) is 21.8. The first-order valence-electron chi connectivity index (χ1n) is 8.30. The first-order chi connectivity index (χ1) is 13.9. The minimum Gasteiger partial charge on any atom is -0.278 e. The second kappa shape index (κ2) is 7.74. The molecule has 0 unspecified atom stereocenters. The molecule has 11 heteroatoms. The van der Waals surface area contributed by atoms with Gasteiger partial charge in [-0.05, 0) is 47.5 Å². The third kappa shape index (κ3) is 4.81. The van der Waals surface area contributed by atoms with E-state index < -0.39 is 36.7 Å². The quantitative estimate of drug-likeness (QED) is 0.609. The maximum absolute atomic E-state index is 12.8. The molecule has 0 aliphatic heterocycles. The Kier molecular flexibility index (Phi) is 5.63. The van der Waals surface area contributed by atoms with Gasteiger partial charge in [0.2, 0.25) is 10.0 Å². The second-order valence-electron chi connectivity index (χ2n) is 6.25. The summed E-state index contributed by atoms with van der Waals surface area (Å²) in [6, 6.07) is 15.0. The normalized spacial score (nSPS) is 12.5. The lowest BCUT2D eigenvalue weighted by atomic mass is 10.0. The number of benzene rings is 3. The van der Waals surface area contributed by atoms with Gasteiger partial charge >= 0.3 is 6.18 Å². The lowest BCUT2D eigenvalue weighted by Crippen LogP contribution is -2.18. The zero-order chi connectivity index (χ0) is 22.2. The fraction of sp³-hybridized carbons (Fsp3) is 0.0526. The molecule has 158 valence electrons. The van der Waals surface area contributed by atoms with Crippen LogP contribution >= 0.6 is 0 Å². The molecular weight excluding hydrogens is 441 g/mol. The molecule has 0 aliphatic rings. The molecule has 0 heterocycles. The number of nitrogens with two attached hydrogens (primary N) is 1. The van der Waals surface area contributed by atoms with Crippen LogP contribution in [0.1, 0.15) is 5.56 Å². The molecule has 3 rings (SSSR count). The minimum atomic E-state index is -4.48. The Balaban J connectivity index is 1.96. The number of sulfonamides is 2. The van der Waals surface area contributed by atoms with Crippen molar-refractivity contribution in [3.63, 3.8) is 0 Å². The van der Waals surface area contributed by atoms with Gasteiger partial charge in [-0.2, -0.15) is 13.2 Å². The van der Waals surface area contributed by atoms with Crippen LogP contribution in [0.3, 0.4) is 0 Å². The number of hydrogen-bond acceptors (Lipinski definition) is 4. The van der Waals surface area contributed by atoms with Crippen molar-refractivity contribution in [2.24, 2.45) is 5.14 Å². The fourth-order valence-corrected chi connectivity index (χ4v) is 4.58. The predicted molar refractivity (Wildman–Crippen MR) is 106 cm³/mol. The summed E-state index contributed by atoms with van der Waals surface area (Å²) in [7, 11) is -8.38. The second-order valence-corrected chi connectivity index (χ2v) is 9.46. The summed E-state index contributed by atoms with van der Waals surface area (Å²) in [5.41, 5.74) is -0.299. The summed E-state index contributed by atoms with van der Waals surface area (Å²) in [5.74, 6) is 0. The van der Waals surface area contributed by atoms with Crippen LogP contribution in [0.5, 0.6) is 0 Å². The van der Waals surface area contributed by atoms with E-state index >= 15 is 0 Å². The number of hydrogen-bond donors (Lipinski definition) is 2. The van der Waals surface area contributed by atoms with Crippen LogP contribution in [0.15, 0.2) is 82.6 Å². The molecule has 0 aliphatic carbocycles. The fourth-order valence-electron chi connectivity index (χ4n) is 2.70. The Morgan fingerprint density at radius 1 is 0.767 bits per heavy atom. The number of primary sulfonamides is 1. The third-order valence-corrected chi connectivity index (χ3v) is 6.46. The molecule has 0 radical (unpaired) electrons. The molecule has 0 atom stereocenters. The van der Waals surface area contributed by atoms with Crippen molar-refractivity contribution in [3.05, 3.63) is 78.4 Å². The molecule has 0 saturated carbocycles. The van der Waals surface area contributed by atoms with Gasteiger partial charge < -0.3 is 0 Å². The number of halogens is 3. The van der Waals surface area contributed by atoms with Crippen LogP contribution < -0.4 is 9.86 Å². The lowest BCUT2D eigenvalue weighted by molar-refractivity contribution is -0.137. The smallest absolute Gasteiger partial charge is 0.278 e. The molecule has 0 aromatic heterocycles. The Morgan fingerprint density at radius 3 is 2.00 bits per heavy atom. The van der Waals surface area contributed by atoms with Crippen LogP contribution in [0.25, 0.3) is 11.1 Å². The molecule has 3 N–H and O–H groups in total. The Bertz CT molecular complexity index is 1290. The van der Waals surface area contributed by atoms with Crippen molar-refractivity contribution in [2.75, 3.05) is 4.72 Å². The van der Waals surface area contributed by atoms with Gasteiger partial charge in [0.05, 0.1) is 16.1 Å². The van der Waals surface area contributed by atoms with Gasteiger partial charge in [0, 0.05) is 0 Å². The van der Waals surface area contributed by atoms with Gasteiger partial charge in [-0.3, -0.25) is 4.72 Å². The van der Waals surface area contributed by atoms with Gasteiger partial charge in [-0.25, -0.2) is 22.0 Å². The van der Waals surface area contributed by atoms with E-state index in [0.29, 0.717) is 11.1 Å². The minimum absolute atomic E-state index is 0.205. The Morgan fingerprint density at radius 2 is 1.40 bits per heavy atom. The van der Waals surface area contributed by atoms with Crippen LogP contribution in [-0.2, 0) is 26.2 Å². The van der Waals surface area contributed by atoms with Gasteiger partial charge in [0.15, 0.2) is 0 Å². The summed E-state index contributed by atoms with van der Waals surface area (Å²) >= 11 is 0. The van der Waals surface area contributed by atoms with E-state index in [9.17, 15) is 30.0 Å². The summed E-state index contributed by atoms with van der Waals surface area (Å²) in [6.07, 6.45) is -4.48. The average Bonchev–Trinajstić information content (AvgIpc) is 2.67. The van der Waals surface area contributed by atoms with E-state index in [2.05, 4.69) is 4.72 Å². The molecule has 3 aromatic carbocycles. The van der Waals surface area contributed by atoms with Crippen LogP contribution in [0.4, 0.5) is 18.9 Å². The molecule has 0 fully saturated rings. The summed E-state index contributed by atoms with van der Waals surface area (Å²) in [5, 5.41) is 5.12. The van der Waals surface area contributed by atoms with Crippen LogP contribution in [0, 0.1) is 0 Å². The highest BCUT2D eigenvalue weighted by Crippen LogP contribution is 2.32. The topological polar surface area (TPSA) is 106 Å². The molecule has 0 bridgehead atoms. The van der Waals surface area contributed by atoms with Gasteiger partial charge in [-0.15, -0.1) is 0 Å². The number of anilines is 1. The Labute approximate surface area is 171 Å². The number of alkyl halides is 3. The maximum atomic E-state index is 12.8. The lowest BCUT2D eigenvalue weighted by Gasteiger charge is -2.12. The summed E-state index contributed by atoms with van der Waals surface area (Å²) < 4.78 is 89.2. The van der Waals surface area contributed by atoms with Crippen LogP contribution in [0.2, 0.25) is 0 Å². The van der Waals surface area contributed by atoms with Crippen molar-refractivity contribution in [1.29, 1.82) is 0 Å². The Hall–Kier alpha value is -2.89.